The monoisotopic (exact) mass is 1190 g/mol. The molecule has 0 spiro atoms. The molecule has 2 rings (SSSR count). The molecule has 0 aliphatic rings. The van der Waals surface area contributed by atoms with Gasteiger partial charge in [0.15, 0.2) is 5.96 Å². The van der Waals surface area contributed by atoms with Crippen molar-refractivity contribution < 1.29 is 68.1 Å². The van der Waals surface area contributed by atoms with Gasteiger partial charge in [0.2, 0.25) is 59.1 Å². The fraction of sp³-hybridized carbons (Fsp3) is 0.580. The number of aromatic nitrogens is 2. The number of thioether (sulfide) groups is 1. The molecule has 0 aliphatic heterocycles. The number of phenols is 1. The predicted molar refractivity (Wildman–Crippen MR) is 305 cm³/mol. The minimum atomic E-state index is -1.50. The molecule has 21 N–H and O–H groups in total. The average molecular weight is 1190 g/mol. The van der Waals surface area contributed by atoms with Crippen molar-refractivity contribution in [3.8, 4) is 5.75 Å². The Hall–Kier alpha value is -7.71. The van der Waals surface area contributed by atoms with Gasteiger partial charge in [0.1, 0.15) is 60.1 Å². The minimum Gasteiger partial charge on any atom is -0.508 e. The van der Waals surface area contributed by atoms with Gasteiger partial charge in [0, 0.05) is 43.5 Å². The van der Waals surface area contributed by atoms with Gasteiger partial charge in [-0.3, -0.25) is 52.9 Å². The molecule has 0 fully saturated rings. The van der Waals surface area contributed by atoms with Crippen LogP contribution in [0, 0.1) is 11.8 Å². The van der Waals surface area contributed by atoms with Crippen LogP contribution < -0.4 is 70.8 Å². The number of aliphatic hydroxyl groups excluding tert-OH is 1. The molecule has 10 amide bonds. The number of rotatable bonds is 38. The van der Waals surface area contributed by atoms with Crippen LogP contribution >= 0.6 is 24.4 Å². The van der Waals surface area contributed by atoms with E-state index in [0.717, 1.165) is 0 Å². The minimum absolute atomic E-state index is 0.00750. The van der Waals surface area contributed by atoms with Crippen LogP contribution in [0.15, 0.2) is 41.8 Å². The third-order valence-corrected chi connectivity index (χ3v) is 13.1. The summed E-state index contributed by atoms with van der Waals surface area (Å²) in [5.74, 6) is -11.2. The van der Waals surface area contributed by atoms with E-state index >= 15 is 0 Å². The largest absolute Gasteiger partial charge is 0.508 e. The first kappa shape index (κ1) is 70.4. The zero-order chi connectivity index (χ0) is 61.6. The van der Waals surface area contributed by atoms with Crippen LogP contribution in [0.3, 0.4) is 0 Å². The number of hydrogen-bond donors (Lipinski definition) is 18. The number of aliphatic hydroxyl groups is 1. The Labute approximate surface area is 484 Å². The highest BCUT2D eigenvalue weighted by atomic mass is 32.2. The number of imidazole rings is 1. The maximum Gasteiger partial charge on any atom is 0.326 e. The molecule has 32 heteroatoms. The lowest BCUT2D eigenvalue weighted by Crippen LogP contribution is -2.60. The molecule has 0 unspecified atom stereocenters. The lowest BCUT2D eigenvalue weighted by Gasteiger charge is -2.28. The van der Waals surface area contributed by atoms with Gasteiger partial charge in [-0.15, -0.1) is 0 Å². The van der Waals surface area contributed by atoms with E-state index in [0.29, 0.717) is 17.0 Å². The Bertz CT molecular complexity index is 2480. The number of aromatic amines is 1. The highest BCUT2D eigenvalue weighted by molar-refractivity contribution is 7.98. The number of carbonyl (C=O) groups is 11. The lowest BCUT2D eigenvalue weighted by molar-refractivity contribution is -0.142. The summed E-state index contributed by atoms with van der Waals surface area (Å²) in [7, 11) is 0. The predicted octanol–water partition coefficient (Wildman–Crippen LogP) is -5.00. The smallest absolute Gasteiger partial charge is 0.326 e. The number of hydrogen-bond acceptors (Lipinski definition) is 18. The molecule has 0 bridgehead atoms. The van der Waals surface area contributed by atoms with E-state index < -0.39 is 145 Å². The molecule has 456 valence electrons. The summed E-state index contributed by atoms with van der Waals surface area (Å²) in [6.07, 6.45) is 3.51. The Morgan fingerprint density at radius 1 is 0.683 bits per heavy atom. The van der Waals surface area contributed by atoms with Gasteiger partial charge < -0.3 is 91.1 Å². The molecule has 9 atom stereocenters. The summed E-state index contributed by atoms with van der Waals surface area (Å²) in [5.41, 5.74) is 22.8. The Kier molecular flexibility index (Phi) is 31.4. The third-order valence-electron chi connectivity index (χ3n) is 12.1. The number of nitrogens with two attached hydrogens (primary N) is 4. The van der Waals surface area contributed by atoms with Gasteiger partial charge in [0.25, 0.3) is 0 Å². The summed E-state index contributed by atoms with van der Waals surface area (Å²) < 4.78 is 0. The van der Waals surface area contributed by atoms with E-state index in [9.17, 15) is 68.1 Å². The average Bonchev–Trinajstić information content (AvgIpc) is 3.96. The number of nitrogens with one attached hydrogen (secondary N) is 10. The number of nitrogens with zero attached hydrogens (tertiary/aromatic N) is 2. The van der Waals surface area contributed by atoms with E-state index in [1.807, 2.05) is 0 Å². The van der Waals surface area contributed by atoms with E-state index in [2.05, 4.69) is 75.4 Å². The summed E-state index contributed by atoms with van der Waals surface area (Å²) in [5, 5.41) is 51.7. The number of phenolic OH excluding ortho intramolecular Hbond substituents is 1. The molecule has 1 aromatic carbocycles. The number of primary amides is 1. The van der Waals surface area contributed by atoms with Gasteiger partial charge >= 0.3 is 5.97 Å². The number of aliphatic carboxylic acids is 1. The maximum atomic E-state index is 14.2. The molecular formula is C50H80N16O14S2. The zero-order valence-corrected chi connectivity index (χ0v) is 48.1. The van der Waals surface area contributed by atoms with Gasteiger partial charge in [-0.2, -0.15) is 24.4 Å². The van der Waals surface area contributed by atoms with Crippen molar-refractivity contribution in [1.82, 2.24) is 57.8 Å². The Morgan fingerprint density at radius 3 is 1.74 bits per heavy atom. The number of aromatic hydroxyl groups is 1. The molecule has 1 aromatic heterocycles. The van der Waals surface area contributed by atoms with Crippen molar-refractivity contribution >= 4 is 95.4 Å². The fourth-order valence-electron chi connectivity index (χ4n) is 7.66. The first-order chi connectivity index (χ1) is 38.7. The number of guanidine groups is 1. The number of carboxylic acids is 1. The van der Waals surface area contributed by atoms with Crippen LogP contribution in [-0.4, -0.2) is 188 Å². The van der Waals surface area contributed by atoms with Gasteiger partial charge in [-0.1, -0.05) is 39.8 Å². The summed E-state index contributed by atoms with van der Waals surface area (Å²) in [6.45, 7) is 5.19. The van der Waals surface area contributed by atoms with Crippen LogP contribution in [0.2, 0.25) is 0 Å². The number of thiol groups is 1. The second-order valence-corrected chi connectivity index (χ2v) is 21.1. The van der Waals surface area contributed by atoms with Crippen LogP contribution in [0.4, 0.5) is 0 Å². The molecule has 30 nitrogen and oxygen atoms in total. The second-order valence-electron chi connectivity index (χ2n) is 19.8. The van der Waals surface area contributed by atoms with Crippen LogP contribution in [0.1, 0.15) is 77.5 Å². The highest BCUT2D eigenvalue weighted by Gasteiger charge is 2.35. The van der Waals surface area contributed by atoms with Crippen LogP contribution in [0.25, 0.3) is 0 Å². The molecular weight excluding hydrogens is 1110 g/mol. The van der Waals surface area contributed by atoms with Crippen molar-refractivity contribution in [2.75, 3.05) is 37.5 Å². The standard InChI is InChI=1S/C50H80N16O14S2/c1-25(2)17-34(63-42(72)32(12-13-38(52)69)61-47(77)37(23-81)65-41(71)30(51)22-67)45(75)60-31(7-6-15-56-50(53)54)44(74)66-40(26(3)4)48(78)57-21-39(70)59-35(18-27-8-10-29(68)11-9-27)46(76)62-33(14-16-82-5)43(73)64-36(49(79)80)19-28-20-55-24-58-28/h8-11,20,24-26,30-37,40,67-68,81H,6-7,12-19,21-23,51H2,1-5H3,(H2,52,69)(H,55,58)(H,57,78)(H,59,70)(H,60,75)(H,61,77)(H,62,76)(H,63,72)(H,64,73)(H,65,71)(H,66,74)(H,79,80)(H4,53,54,56)/t30-,31-,32-,33-,34-,35-,36-,37-,40-/m0/s1. The first-order valence-corrected chi connectivity index (χ1v) is 28.2. The van der Waals surface area contributed by atoms with E-state index in [1.54, 1.807) is 34.0 Å². The number of H-pyrrole nitrogens is 1. The molecule has 0 radical (unpaired) electrons. The Morgan fingerprint density at radius 2 is 1.22 bits per heavy atom. The summed E-state index contributed by atoms with van der Waals surface area (Å²) in [6, 6.07) is -6.70. The van der Waals surface area contributed by atoms with Crippen LogP contribution in [0.5, 0.6) is 5.75 Å². The number of carbonyl (C=O) groups excluding carboxylic acids is 10. The number of amides is 10. The van der Waals surface area contributed by atoms with Crippen molar-refractivity contribution in [1.29, 1.82) is 0 Å². The fourth-order valence-corrected chi connectivity index (χ4v) is 8.39. The second kappa shape index (κ2) is 36.6. The van der Waals surface area contributed by atoms with Crippen molar-refractivity contribution in [2.45, 2.75) is 133 Å². The van der Waals surface area contributed by atoms with E-state index in [-0.39, 0.29) is 74.9 Å². The number of benzene rings is 1. The topological polar surface area (TPSA) is 502 Å². The molecule has 82 heavy (non-hydrogen) atoms. The normalized spacial score (nSPS) is 14.4. The number of carboxylic acid groups (broad SMARTS) is 1. The van der Waals surface area contributed by atoms with Crippen molar-refractivity contribution in [2.24, 2.45) is 39.8 Å². The molecule has 0 aliphatic carbocycles. The first-order valence-electron chi connectivity index (χ1n) is 26.2. The van der Waals surface area contributed by atoms with E-state index in [1.165, 1.54) is 48.6 Å². The highest BCUT2D eigenvalue weighted by Crippen LogP contribution is 2.14. The zero-order valence-electron chi connectivity index (χ0n) is 46.4. The Balaban J connectivity index is 2.36. The summed E-state index contributed by atoms with van der Waals surface area (Å²) in [4.78, 5) is 158. The van der Waals surface area contributed by atoms with E-state index in [4.69, 9.17) is 22.9 Å². The SMILES string of the molecule is CSCC[C@H](NC(=O)[C@H](Cc1ccc(O)cc1)NC(=O)CNC(=O)[C@@H](NC(=O)[C@H](CCCN=C(N)N)NC(=O)[C@H](CC(C)C)NC(=O)[C@H](CCC(N)=O)NC(=O)[C@H](CS)NC(=O)[C@@H](N)CO)C(C)C)C(=O)N[C@@H](Cc1cnc[nH]1)C(=O)O. The quantitative estimate of drug-likeness (QED) is 0.0130. The molecule has 2 aromatic rings. The van der Waals surface area contributed by atoms with Crippen LogP contribution in [-0.2, 0) is 65.6 Å². The maximum absolute atomic E-state index is 14.2. The van der Waals surface area contributed by atoms with Gasteiger partial charge in [-0.05, 0) is 73.6 Å². The van der Waals surface area contributed by atoms with Crippen molar-refractivity contribution in [3.05, 3.63) is 48.0 Å². The lowest BCUT2D eigenvalue weighted by atomic mass is 10.00. The molecule has 0 saturated heterocycles. The van der Waals surface area contributed by atoms with Gasteiger partial charge in [0.05, 0.1) is 19.5 Å². The molecule has 1 heterocycles. The molecule has 0 saturated carbocycles. The van der Waals surface area contributed by atoms with Gasteiger partial charge in [-0.25, -0.2) is 9.78 Å². The number of aliphatic imine (C=N–C) groups is 1. The summed E-state index contributed by atoms with van der Waals surface area (Å²) >= 11 is 5.45. The van der Waals surface area contributed by atoms with Crippen molar-refractivity contribution in [3.63, 3.8) is 0 Å². The third kappa shape index (κ3) is 26.3.